The first-order valence-electron chi connectivity index (χ1n) is 5.30. The number of amidine groups is 1. The van der Waals surface area contributed by atoms with Crippen LogP contribution in [0, 0.1) is 5.41 Å². The van der Waals surface area contributed by atoms with E-state index in [4.69, 9.17) is 22.7 Å². The van der Waals surface area contributed by atoms with Crippen LogP contribution in [0.2, 0.25) is 5.02 Å². The van der Waals surface area contributed by atoms with Gasteiger partial charge in [0.25, 0.3) is 0 Å². The van der Waals surface area contributed by atoms with Gasteiger partial charge in [-0.2, -0.15) is 26.3 Å². The van der Waals surface area contributed by atoms with E-state index in [1.54, 1.807) is 0 Å². The lowest BCUT2D eigenvalue weighted by molar-refractivity contribution is -0.324. The fourth-order valence-electron chi connectivity index (χ4n) is 1.38. The minimum Gasteiger partial charge on any atom is -0.384 e. The molecule has 21 heavy (non-hydrogen) atoms. The van der Waals surface area contributed by atoms with Gasteiger partial charge >= 0.3 is 12.4 Å². The largest absolute Gasteiger partial charge is 0.423 e. The number of nitrogens with one attached hydrogen (secondary N) is 1. The molecular formula is C11H9ClF6N2O. The molecule has 0 spiro atoms. The maximum atomic E-state index is 12.3. The van der Waals surface area contributed by atoms with Gasteiger partial charge in [-0.15, -0.1) is 0 Å². The standard InChI is InChI=1S/C11H9ClF6N2O/c12-7-3-5(8(19)20)1-2-6(7)4-21-9(10(13,14)15)11(16,17)18/h1-3,9H,4H2,(H3,19,20). The Labute approximate surface area is 120 Å². The zero-order valence-corrected chi connectivity index (χ0v) is 10.9. The van der Waals surface area contributed by atoms with E-state index in [-0.39, 0.29) is 22.0 Å². The topological polar surface area (TPSA) is 59.1 Å². The molecule has 0 saturated heterocycles. The van der Waals surface area contributed by atoms with Crippen molar-refractivity contribution in [2.24, 2.45) is 5.73 Å². The fraction of sp³-hybridized carbons (Fsp3) is 0.364. The van der Waals surface area contributed by atoms with E-state index < -0.39 is 25.1 Å². The van der Waals surface area contributed by atoms with Crippen LogP contribution in [0.3, 0.4) is 0 Å². The minimum absolute atomic E-state index is 0.0832. The van der Waals surface area contributed by atoms with Gasteiger partial charge in [0, 0.05) is 10.6 Å². The zero-order valence-electron chi connectivity index (χ0n) is 10.1. The smallest absolute Gasteiger partial charge is 0.384 e. The molecule has 0 fully saturated rings. The Balaban J connectivity index is 2.89. The molecule has 0 aliphatic carbocycles. The zero-order chi connectivity index (χ0) is 16.4. The molecule has 0 bridgehead atoms. The predicted molar refractivity (Wildman–Crippen MR) is 63.2 cm³/mol. The summed E-state index contributed by atoms with van der Waals surface area (Å²) in [7, 11) is 0. The summed E-state index contributed by atoms with van der Waals surface area (Å²) in [5.41, 5.74) is 5.27. The molecule has 0 amide bonds. The van der Waals surface area contributed by atoms with Crippen LogP contribution < -0.4 is 5.73 Å². The highest BCUT2D eigenvalue weighted by Crippen LogP contribution is 2.36. The van der Waals surface area contributed by atoms with E-state index in [2.05, 4.69) is 4.74 Å². The van der Waals surface area contributed by atoms with Crippen LogP contribution in [0.5, 0.6) is 0 Å². The molecular weight excluding hydrogens is 326 g/mol. The van der Waals surface area contributed by atoms with Crippen molar-refractivity contribution >= 4 is 17.4 Å². The molecule has 1 aromatic carbocycles. The van der Waals surface area contributed by atoms with Crippen molar-refractivity contribution in [2.45, 2.75) is 25.1 Å². The molecule has 1 rings (SSSR count). The molecule has 1 aromatic rings. The summed E-state index contributed by atoms with van der Waals surface area (Å²) in [6, 6.07) is 3.53. The summed E-state index contributed by atoms with van der Waals surface area (Å²) in [6.07, 6.45) is -15.1. The van der Waals surface area contributed by atoms with Gasteiger partial charge in [0.15, 0.2) is 0 Å². The Kier molecular flexibility index (Phi) is 5.11. The second-order valence-corrected chi connectivity index (χ2v) is 4.40. The molecule has 10 heteroatoms. The normalized spacial score (nSPS) is 12.8. The van der Waals surface area contributed by atoms with Crippen molar-refractivity contribution in [3.63, 3.8) is 0 Å². The fourth-order valence-corrected chi connectivity index (χ4v) is 1.61. The summed E-state index contributed by atoms with van der Waals surface area (Å²) in [5.74, 6) is -0.340. The number of nitrogen functional groups attached to an aromatic ring is 1. The van der Waals surface area contributed by atoms with Crippen molar-refractivity contribution in [2.75, 3.05) is 0 Å². The Bertz CT molecular complexity index is 514. The molecule has 0 atom stereocenters. The number of hydrogen-bond donors (Lipinski definition) is 2. The third-order valence-corrected chi connectivity index (χ3v) is 2.72. The number of ether oxygens (including phenoxy) is 1. The highest BCUT2D eigenvalue weighted by molar-refractivity contribution is 6.31. The highest BCUT2D eigenvalue weighted by Gasteiger charge is 2.57. The summed E-state index contributed by atoms with van der Waals surface area (Å²) in [6.45, 7) is -0.985. The summed E-state index contributed by atoms with van der Waals surface area (Å²) in [5, 5.41) is 6.98. The lowest BCUT2D eigenvalue weighted by Crippen LogP contribution is -2.44. The molecule has 0 aromatic heterocycles. The number of hydrogen-bond acceptors (Lipinski definition) is 2. The van der Waals surface area contributed by atoms with Crippen molar-refractivity contribution in [1.29, 1.82) is 5.41 Å². The van der Waals surface area contributed by atoms with Crippen LogP contribution in [0.15, 0.2) is 18.2 Å². The van der Waals surface area contributed by atoms with Crippen molar-refractivity contribution in [1.82, 2.24) is 0 Å². The Morgan fingerprint density at radius 2 is 1.71 bits per heavy atom. The van der Waals surface area contributed by atoms with Crippen LogP contribution in [0.25, 0.3) is 0 Å². The molecule has 0 aliphatic heterocycles. The number of alkyl halides is 6. The highest BCUT2D eigenvalue weighted by atomic mass is 35.5. The predicted octanol–water partition coefficient (Wildman–Crippen LogP) is 3.63. The monoisotopic (exact) mass is 334 g/mol. The third-order valence-electron chi connectivity index (χ3n) is 2.36. The van der Waals surface area contributed by atoms with Crippen LogP contribution in [0.4, 0.5) is 26.3 Å². The van der Waals surface area contributed by atoms with E-state index in [9.17, 15) is 26.3 Å². The van der Waals surface area contributed by atoms with Crippen LogP contribution >= 0.6 is 11.6 Å². The van der Waals surface area contributed by atoms with Gasteiger partial charge in [-0.25, -0.2) is 0 Å². The quantitative estimate of drug-likeness (QED) is 0.502. The van der Waals surface area contributed by atoms with Gasteiger partial charge in [0.1, 0.15) is 5.84 Å². The molecule has 0 radical (unpaired) electrons. The number of nitrogens with two attached hydrogens (primary N) is 1. The maximum absolute atomic E-state index is 12.3. The number of benzene rings is 1. The SMILES string of the molecule is N=C(N)c1ccc(COC(C(F)(F)F)C(F)(F)F)c(Cl)c1. The van der Waals surface area contributed by atoms with Gasteiger partial charge in [-0.3, -0.25) is 5.41 Å². The first kappa shape index (κ1) is 17.6. The molecule has 3 N–H and O–H groups in total. The summed E-state index contributed by atoms with van der Waals surface area (Å²) in [4.78, 5) is 0. The third kappa shape index (κ3) is 4.78. The van der Waals surface area contributed by atoms with Gasteiger partial charge < -0.3 is 10.5 Å². The van der Waals surface area contributed by atoms with E-state index in [1.807, 2.05) is 0 Å². The second kappa shape index (κ2) is 6.10. The second-order valence-electron chi connectivity index (χ2n) is 3.99. The molecule has 0 unspecified atom stereocenters. The first-order chi connectivity index (χ1) is 9.43. The van der Waals surface area contributed by atoms with Crippen LogP contribution in [0.1, 0.15) is 11.1 Å². The summed E-state index contributed by atoms with van der Waals surface area (Å²) < 4.78 is 77.5. The molecule has 0 heterocycles. The Hall–Kier alpha value is -1.48. The van der Waals surface area contributed by atoms with Crippen molar-refractivity contribution < 1.29 is 31.1 Å². The number of rotatable bonds is 4. The van der Waals surface area contributed by atoms with Gasteiger partial charge in [0.2, 0.25) is 6.10 Å². The molecule has 0 aliphatic rings. The van der Waals surface area contributed by atoms with E-state index in [0.29, 0.717) is 0 Å². The van der Waals surface area contributed by atoms with Crippen LogP contribution in [-0.2, 0) is 11.3 Å². The van der Waals surface area contributed by atoms with Gasteiger partial charge in [0.05, 0.1) is 6.61 Å². The van der Waals surface area contributed by atoms with Crippen molar-refractivity contribution in [3.8, 4) is 0 Å². The molecule has 118 valence electrons. The van der Waals surface area contributed by atoms with Gasteiger partial charge in [-0.1, -0.05) is 23.7 Å². The van der Waals surface area contributed by atoms with Crippen molar-refractivity contribution in [3.05, 3.63) is 34.3 Å². The number of halogens is 7. The Morgan fingerprint density at radius 1 is 1.19 bits per heavy atom. The van der Waals surface area contributed by atoms with E-state index in [0.717, 1.165) is 12.1 Å². The average Bonchev–Trinajstić information content (AvgIpc) is 2.27. The van der Waals surface area contributed by atoms with E-state index in [1.165, 1.54) is 6.07 Å². The lowest BCUT2D eigenvalue weighted by Gasteiger charge is -2.23. The Morgan fingerprint density at radius 3 is 2.10 bits per heavy atom. The van der Waals surface area contributed by atoms with Crippen LogP contribution in [-0.4, -0.2) is 24.3 Å². The lowest BCUT2D eigenvalue weighted by atomic mass is 10.1. The first-order valence-corrected chi connectivity index (χ1v) is 5.68. The summed E-state index contributed by atoms with van der Waals surface area (Å²) >= 11 is 5.69. The van der Waals surface area contributed by atoms with Gasteiger partial charge in [-0.05, 0) is 11.6 Å². The maximum Gasteiger partial charge on any atom is 0.423 e. The molecule has 0 saturated carbocycles. The minimum atomic E-state index is -5.58. The van der Waals surface area contributed by atoms with E-state index >= 15 is 0 Å². The molecule has 3 nitrogen and oxygen atoms in total. The average molecular weight is 335 g/mol.